The van der Waals surface area contributed by atoms with Crippen LogP contribution in [0.3, 0.4) is 0 Å². The standard InChI is InChI=1S/C22H25N3O3S/c23-15-22(11-5-6-12-22)25-18(26)14-28-20(27)21(9-3-4-10-21)13-19-24-16-7-1-2-8-17(16)29-19/h1-2,7-8H,3-6,9-14H2,(H,25,26). The van der Waals surface area contributed by atoms with Crippen molar-refractivity contribution in [1.82, 2.24) is 10.3 Å². The number of hydrogen-bond donors (Lipinski definition) is 1. The molecular weight excluding hydrogens is 386 g/mol. The van der Waals surface area contributed by atoms with Gasteiger partial charge in [-0.25, -0.2) is 4.98 Å². The molecule has 1 aromatic carbocycles. The number of fused-ring (bicyclic) bond motifs is 1. The number of hydrogen-bond acceptors (Lipinski definition) is 6. The topological polar surface area (TPSA) is 92.1 Å². The van der Waals surface area contributed by atoms with E-state index in [1.54, 1.807) is 11.3 Å². The second-order valence-electron chi connectivity index (χ2n) is 8.26. The Balaban J connectivity index is 1.40. The largest absolute Gasteiger partial charge is 0.455 e. The zero-order chi connectivity index (χ0) is 20.3. The summed E-state index contributed by atoms with van der Waals surface area (Å²) in [5.41, 5.74) is -0.448. The van der Waals surface area contributed by atoms with Crippen molar-refractivity contribution in [1.29, 1.82) is 5.26 Å². The van der Waals surface area contributed by atoms with Crippen molar-refractivity contribution >= 4 is 33.4 Å². The summed E-state index contributed by atoms with van der Waals surface area (Å²) in [4.78, 5) is 30.0. The van der Waals surface area contributed by atoms with E-state index in [2.05, 4.69) is 16.4 Å². The maximum Gasteiger partial charge on any atom is 0.313 e. The minimum atomic E-state index is -0.796. The zero-order valence-corrected chi connectivity index (χ0v) is 17.2. The number of carbonyl (C=O) groups is 2. The molecule has 0 spiro atoms. The van der Waals surface area contributed by atoms with Gasteiger partial charge in [0, 0.05) is 6.42 Å². The van der Waals surface area contributed by atoms with Gasteiger partial charge in [0.05, 0.1) is 26.7 Å². The highest BCUT2D eigenvalue weighted by Gasteiger charge is 2.44. The van der Waals surface area contributed by atoms with Gasteiger partial charge in [-0.15, -0.1) is 11.3 Å². The lowest BCUT2D eigenvalue weighted by Gasteiger charge is -2.26. The highest BCUT2D eigenvalue weighted by atomic mass is 32.1. The molecule has 6 nitrogen and oxygen atoms in total. The number of esters is 1. The van der Waals surface area contributed by atoms with E-state index in [0.29, 0.717) is 19.3 Å². The fourth-order valence-corrected chi connectivity index (χ4v) is 5.73. The molecule has 0 aliphatic heterocycles. The molecule has 1 N–H and O–H groups in total. The first kappa shape index (κ1) is 19.8. The Morgan fingerprint density at radius 2 is 1.83 bits per heavy atom. The van der Waals surface area contributed by atoms with Crippen molar-refractivity contribution in [3.63, 3.8) is 0 Å². The van der Waals surface area contributed by atoms with E-state index in [9.17, 15) is 14.9 Å². The van der Waals surface area contributed by atoms with E-state index in [1.807, 2.05) is 24.3 Å². The van der Waals surface area contributed by atoms with E-state index >= 15 is 0 Å². The van der Waals surface area contributed by atoms with E-state index < -0.39 is 16.9 Å². The number of rotatable bonds is 6. The third-order valence-electron chi connectivity index (χ3n) is 6.21. The smallest absolute Gasteiger partial charge is 0.313 e. The van der Waals surface area contributed by atoms with Gasteiger partial charge < -0.3 is 10.1 Å². The fraction of sp³-hybridized carbons (Fsp3) is 0.545. The molecule has 0 atom stereocenters. The van der Waals surface area contributed by atoms with Gasteiger partial charge in [0.25, 0.3) is 5.91 Å². The van der Waals surface area contributed by atoms with Crippen LogP contribution >= 0.6 is 11.3 Å². The van der Waals surface area contributed by atoms with Crippen LogP contribution in [0.5, 0.6) is 0 Å². The monoisotopic (exact) mass is 411 g/mol. The number of ether oxygens (including phenoxy) is 1. The first-order chi connectivity index (χ1) is 14.0. The highest BCUT2D eigenvalue weighted by Crippen LogP contribution is 2.43. The van der Waals surface area contributed by atoms with Gasteiger partial charge in [-0.1, -0.05) is 25.0 Å². The lowest BCUT2D eigenvalue weighted by Crippen LogP contribution is -2.47. The first-order valence-corrected chi connectivity index (χ1v) is 11.1. The van der Waals surface area contributed by atoms with Gasteiger partial charge >= 0.3 is 5.97 Å². The highest BCUT2D eigenvalue weighted by molar-refractivity contribution is 7.18. The Bertz CT molecular complexity index is 917. The van der Waals surface area contributed by atoms with Crippen LogP contribution in [0.4, 0.5) is 0 Å². The minimum Gasteiger partial charge on any atom is -0.455 e. The first-order valence-electron chi connectivity index (χ1n) is 10.3. The van der Waals surface area contributed by atoms with Gasteiger partial charge in [-0.05, 0) is 50.7 Å². The summed E-state index contributed by atoms with van der Waals surface area (Å²) in [6.45, 7) is -0.330. The maximum atomic E-state index is 13.0. The predicted octanol–water partition coefficient (Wildman–Crippen LogP) is 3.89. The lowest BCUT2D eigenvalue weighted by atomic mass is 9.83. The van der Waals surface area contributed by atoms with Crippen molar-refractivity contribution in [3.05, 3.63) is 29.3 Å². The van der Waals surface area contributed by atoms with Crippen molar-refractivity contribution in [2.75, 3.05) is 6.61 Å². The fourth-order valence-electron chi connectivity index (χ4n) is 4.62. The van der Waals surface area contributed by atoms with Gasteiger partial charge in [-0.3, -0.25) is 9.59 Å². The average Bonchev–Trinajstić information content (AvgIpc) is 3.46. The molecule has 1 amide bonds. The molecular formula is C22H25N3O3S. The molecule has 0 unspecified atom stereocenters. The number of thiazole rings is 1. The maximum absolute atomic E-state index is 13.0. The van der Waals surface area contributed by atoms with Crippen LogP contribution in [0.15, 0.2) is 24.3 Å². The molecule has 152 valence electrons. The summed E-state index contributed by atoms with van der Waals surface area (Å²) in [5.74, 6) is -0.711. The zero-order valence-electron chi connectivity index (χ0n) is 16.4. The Morgan fingerprint density at radius 3 is 2.52 bits per heavy atom. The number of aromatic nitrogens is 1. The summed E-state index contributed by atoms with van der Waals surface area (Å²) in [6.07, 6.45) is 7.19. The number of nitrogens with one attached hydrogen (secondary N) is 1. The van der Waals surface area contributed by atoms with Crippen LogP contribution < -0.4 is 5.32 Å². The lowest BCUT2D eigenvalue weighted by molar-refractivity contribution is -0.159. The van der Waals surface area contributed by atoms with Gasteiger partial charge in [-0.2, -0.15) is 5.26 Å². The van der Waals surface area contributed by atoms with Gasteiger partial charge in [0.2, 0.25) is 0 Å². The molecule has 29 heavy (non-hydrogen) atoms. The molecule has 7 heteroatoms. The van der Waals surface area contributed by atoms with Crippen LogP contribution in [-0.4, -0.2) is 29.0 Å². The van der Waals surface area contributed by atoms with Crippen LogP contribution in [0.25, 0.3) is 10.2 Å². The summed E-state index contributed by atoms with van der Waals surface area (Å²) in [6, 6.07) is 10.2. The van der Waals surface area contributed by atoms with E-state index in [1.165, 1.54) is 0 Å². The minimum absolute atomic E-state index is 0.318. The SMILES string of the molecule is N#CC1(NC(=O)COC(=O)C2(Cc3nc4ccccc4s3)CCCC2)CCCC1. The molecule has 4 rings (SSSR count). The molecule has 0 radical (unpaired) electrons. The molecule has 1 aromatic heterocycles. The quantitative estimate of drug-likeness (QED) is 0.728. The number of benzene rings is 1. The number of amides is 1. The Labute approximate surface area is 174 Å². The van der Waals surface area contributed by atoms with Crippen LogP contribution in [0, 0.1) is 16.7 Å². The van der Waals surface area contributed by atoms with Gasteiger partial charge in [0.1, 0.15) is 5.54 Å². The number of para-hydroxylation sites is 1. The van der Waals surface area contributed by atoms with Crippen molar-refractivity contribution in [2.45, 2.75) is 63.3 Å². The third-order valence-corrected chi connectivity index (χ3v) is 7.24. The number of nitriles is 1. The Kier molecular flexibility index (Phi) is 5.55. The normalized spacial score (nSPS) is 19.7. The second kappa shape index (κ2) is 8.11. The van der Waals surface area contributed by atoms with Crippen molar-refractivity contribution in [3.8, 4) is 6.07 Å². The average molecular weight is 412 g/mol. The van der Waals surface area contributed by atoms with Crippen LogP contribution in [-0.2, 0) is 20.7 Å². The second-order valence-corrected chi connectivity index (χ2v) is 9.38. The van der Waals surface area contributed by atoms with E-state index in [0.717, 1.165) is 53.7 Å². The number of nitrogens with zero attached hydrogens (tertiary/aromatic N) is 2. The van der Waals surface area contributed by atoms with E-state index in [4.69, 9.17) is 4.74 Å². The molecule has 2 saturated carbocycles. The summed E-state index contributed by atoms with van der Waals surface area (Å²) in [7, 11) is 0. The number of carbonyl (C=O) groups excluding carboxylic acids is 2. The molecule has 0 bridgehead atoms. The molecule has 0 saturated heterocycles. The van der Waals surface area contributed by atoms with Crippen molar-refractivity contribution in [2.24, 2.45) is 5.41 Å². The van der Waals surface area contributed by atoms with Gasteiger partial charge in [0.15, 0.2) is 6.61 Å². The molecule has 2 aliphatic rings. The van der Waals surface area contributed by atoms with Crippen molar-refractivity contribution < 1.29 is 14.3 Å². The Morgan fingerprint density at radius 1 is 1.14 bits per heavy atom. The van der Waals surface area contributed by atoms with Crippen LogP contribution in [0.1, 0.15) is 56.4 Å². The predicted molar refractivity (Wildman–Crippen MR) is 110 cm³/mol. The molecule has 1 heterocycles. The molecule has 2 aliphatic carbocycles. The third kappa shape index (κ3) is 4.13. The summed E-state index contributed by atoms with van der Waals surface area (Å²) < 4.78 is 6.57. The molecule has 2 aromatic rings. The summed E-state index contributed by atoms with van der Waals surface area (Å²) in [5, 5.41) is 13.1. The van der Waals surface area contributed by atoms with Crippen LogP contribution in [0.2, 0.25) is 0 Å². The summed E-state index contributed by atoms with van der Waals surface area (Å²) >= 11 is 1.61. The Hall–Kier alpha value is -2.46. The van der Waals surface area contributed by atoms with E-state index in [-0.39, 0.29) is 12.6 Å². The molecule has 2 fully saturated rings.